The number of urea groups is 1. The van der Waals surface area contributed by atoms with E-state index >= 15 is 0 Å². The van der Waals surface area contributed by atoms with Crippen LogP contribution in [-0.2, 0) is 9.92 Å². The number of aromatic nitrogens is 1. The molecule has 1 atom stereocenters. The fourth-order valence-corrected chi connectivity index (χ4v) is 4.73. The summed E-state index contributed by atoms with van der Waals surface area (Å²) in [6, 6.07) is 5.79. The number of benzene rings is 1. The zero-order valence-electron chi connectivity index (χ0n) is 17.6. The number of halogens is 1. The average molecular weight is 434 g/mol. The molecule has 1 fully saturated rings. The van der Waals surface area contributed by atoms with Gasteiger partial charge in [-0.05, 0) is 43.5 Å². The molecule has 1 aromatic carbocycles. The van der Waals surface area contributed by atoms with Crippen LogP contribution in [0.5, 0.6) is 0 Å². The maximum absolute atomic E-state index is 14.3. The van der Waals surface area contributed by atoms with Gasteiger partial charge in [-0.3, -0.25) is 14.6 Å². The SMILES string of the molecule is CC(C)c1cc(F)cc(-c2cccnc2)c1NC(=O)NS(=N)(=O)C1CN(C(C)C)C1. The molecule has 2 heterocycles. The van der Waals surface area contributed by atoms with Gasteiger partial charge in [-0.1, -0.05) is 19.9 Å². The van der Waals surface area contributed by atoms with Crippen molar-refractivity contribution < 1.29 is 13.4 Å². The lowest BCUT2D eigenvalue weighted by atomic mass is 9.94. The predicted octanol–water partition coefficient (Wildman–Crippen LogP) is 4.19. The van der Waals surface area contributed by atoms with Crippen LogP contribution < -0.4 is 10.0 Å². The molecule has 1 aliphatic heterocycles. The summed E-state index contributed by atoms with van der Waals surface area (Å²) >= 11 is 0. The van der Waals surface area contributed by atoms with E-state index in [1.807, 2.05) is 27.7 Å². The second-order valence-electron chi connectivity index (χ2n) is 8.14. The van der Waals surface area contributed by atoms with Crippen molar-refractivity contribution in [1.82, 2.24) is 14.6 Å². The zero-order chi connectivity index (χ0) is 22.1. The molecule has 0 bridgehead atoms. The third-order valence-electron chi connectivity index (χ3n) is 5.29. The maximum Gasteiger partial charge on any atom is 0.331 e. The summed E-state index contributed by atoms with van der Waals surface area (Å²) in [5.41, 5.74) is 2.15. The van der Waals surface area contributed by atoms with E-state index in [0.29, 0.717) is 41.5 Å². The van der Waals surface area contributed by atoms with Crippen molar-refractivity contribution in [2.75, 3.05) is 18.4 Å². The van der Waals surface area contributed by atoms with Gasteiger partial charge in [0.25, 0.3) is 0 Å². The molecule has 7 nitrogen and oxygen atoms in total. The lowest BCUT2D eigenvalue weighted by Crippen LogP contribution is -2.59. The van der Waals surface area contributed by atoms with E-state index < -0.39 is 27.0 Å². The molecule has 1 saturated heterocycles. The smallest absolute Gasteiger partial charge is 0.306 e. The molecule has 2 aromatic rings. The minimum Gasteiger partial charge on any atom is -0.306 e. The fourth-order valence-electron chi connectivity index (χ4n) is 3.43. The lowest BCUT2D eigenvalue weighted by Gasteiger charge is -2.42. The Kier molecular flexibility index (Phi) is 6.42. The quantitative estimate of drug-likeness (QED) is 0.636. The summed E-state index contributed by atoms with van der Waals surface area (Å²) in [6.07, 6.45) is 3.20. The molecule has 1 unspecified atom stereocenters. The number of carbonyl (C=O) groups excluding carboxylic acids is 1. The minimum atomic E-state index is -3.32. The number of nitrogens with one attached hydrogen (secondary N) is 3. The van der Waals surface area contributed by atoms with Crippen LogP contribution in [0.1, 0.15) is 39.2 Å². The Morgan fingerprint density at radius 1 is 1.30 bits per heavy atom. The molecule has 0 spiro atoms. The number of amides is 2. The maximum atomic E-state index is 14.3. The molecule has 3 N–H and O–H groups in total. The second kappa shape index (κ2) is 8.69. The van der Waals surface area contributed by atoms with Crippen molar-refractivity contribution in [2.24, 2.45) is 0 Å². The zero-order valence-corrected chi connectivity index (χ0v) is 18.4. The first-order valence-electron chi connectivity index (χ1n) is 9.92. The van der Waals surface area contributed by atoms with Crippen LogP contribution in [0.2, 0.25) is 0 Å². The Hall–Kier alpha value is -2.52. The number of hydrogen-bond acceptors (Lipinski definition) is 5. The van der Waals surface area contributed by atoms with Crippen molar-refractivity contribution in [1.29, 1.82) is 4.78 Å². The van der Waals surface area contributed by atoms with Gasteiger partial charge in [-0.15, -0.1) is 0 Å². The van der Waals surface area contributed by atoms with Gasteiger partial charge in [-0.2, -0.15) is 0 Å². The Balaban J connectivity index is 1.86. The van der Waals surface area contributed by atoms with Gasteiger partial charge >= 0.3 is 6.03 Å². The Morgan fingerprint density at radius 2 is 2.00 bits per heavy atom. The summed E-state index contributed by atoms with van der Waals surface area (Å²) < 4.78 is 37.6. The number of hydrogen-bond donors (Lipinski definition) is 3. The van der Waals surface area contributed by atoms with Crippen LogP contribution in [-0.4, -0.2) is 44.5 Å². The predicted molar refractivity (Wildman–Crippen MR) is 117 cm³/mol. The van der Waals surface area contributed by atoms with Crippen molar-refractivity contribution in [3.63, 3.8) is 0 Å². The largest absolute Gasteiger partial charge is 0.331 e. The molecule has 9 heteroatoms. The van der Waals surface area contributed by atoms with Crippen LogP contribution in [0.4, 0.5) is 14.9 Å². The standard InChI is InChI=1S/C21H28FN5O2S/c1-13(2)18-8-16(22)9-19(15-6-5-7-24-10-15)20(18)25-21(28)26-30(23,29)17-11-27(12-17)14(3)4/h5-10,13-14,17H,11-12H2,1-4H3,(H3,23,25,26,28,29). The van der Waals surface area contributed by atoms with Gasteiger partial charge in [0.2, 0.25) is 0 Å². The first-order valence-corrected chi connectivity index (χ1v) is 11.5. The third-order valence-corrected chi connectivity index (χ3v) is 7.01. The molecule has 3 rings (SSSR count). The molecule has 1 aromatic heterocycles. The van der Waals surface area contributed by atoms with Gasteiger partial charge in [0.1, 0.15) is 15.7 Å². The highest BCUT2D eigenvalue weighted by atomic mass is 32.2. The van der Waals surface area contributed by atoms with E-state index in [1.165, 1.54) is 12.1 Å². The van der Waals surface area contributed by atoms with Crippen molar-refractivity contribution in [3.05, 3.63) is 48.0 Å². The second-order valence-corrected chi connectivity index (χ2v) is 10.2. The van der Waals surface area contributed by atoms with E-state index in [9.17, 15) is 13.4 Å². The monoisotopic (exact) mass is 433 g/mol. The minimum absolute atomic E-state index is 0.0713. The molecule has 0 saturated carbocycles. The molecule has 2 amide bonds. The van der Waals surface area contributed by atoms with E-state index in [1.54, 1.807) is 24.5 Å². The van der Waals surface area contributed by atoms with Gasteiger partial charge in [0, 0.05) is 42.7 Å². The third kappa shape index (κ3) is 4.79. The Morgan fingerprint density at radius 3 is 2.57 bits per heavy atom. The van der Waals surface area contributed by atoms with Gasteiger partial charge in [0.05, 0.1) is 10.9 Å². The summed E-state index contributed by atoms with van der Waals surface area (Å²) in [4.78, 5) is 18.9. The van der Waals surface area contributed by atoms with E-state index in [4.69, 9.17) is 4.78 Å². The van der Waals surface area contributed by atoms with Gasteiger partial charge in [-0.25, -0.2) is 18.2 Å². The molecular weight excluding hydrogens is 405 g/mol. The number of carbonyl (C=O) groups is 1. The van der Waals surface area contributed by atoms with Gasteiger partial charge < -0.3 is 5.32 Å². The van der Waals surface area contributed by atoms with E-state index in [0.717, 1.165) is 0 Å². The normalized spacial score (nSPS) is 16.9. The first kappa shape index (κ1) is 22.2. The fraction of sp³-hybridized carbons (Fsp3) is 0.429. The average Bonchev–Trinajstić information content (AvgIpc) is 2.60. The number of nitrogens with zero attached hydrogens (tertiary/aromatic N) is 2. The molecule has 0 aliphatic carbocycles. The van der Waals surface area contributed by atoms with Crippen LogP contribution in [0.15, 0.2) is 36.7 Å². The van der Waals surface area contributed by atoms with Crippen LogP contribution in [0.25, 0.3) is 11.1 Å². The Bertz CT molecular complexity index is 1020. The Labute approximate surface area is 177 Å². The molecule has 1 aliphatic rings. The van der Waals surface area contributed by atoms with Crippen molar-refractivity contribution >= 4 is 21.6 Å². The van der Waals surface area contributed by atoms with E-state index in [2.05, 4.69) is 19.9 Å². The topological polar surface area (TPSA) is 98.2 Å². The molecule has 162 valence electrons. The van der Waals surface area contributed by atoms with Crippen LogP contribution >= 0.6 is 0 Å². The highest BCUT2D eigenvalue weighted by molar-refractivity contribution is 7.91. The number of anilines is 1. The van der Waals surface area contributed by atoms with E-state index in [-0.39, 0.29) is 5.92 Å². The van der Waals surface area contributed by atoms with Gasteiger partial charge in [0.15, 0.2) is 0 Å². The highest BCUT2D eigenvalue weighted by Gasteiger charge is 2.37. The summed E-state index contributed by atoms with van der Waals surface area (Å²) in [6.45, 7) is 8.87. The number of pyridine rings is 1. The molecular formula is C21H28FN5O2S. The van der Waals surface area contributed by atoms with Crippen molar-refractivity contribution in [2.45, 2.75) is 44.9 Å². The molecule has 0 radical (unpaired) electrons. The summed E-state index contributed by atoms with van der Waals surface area (Å²) in [5.74, 6) is -0.492. The summed E-state index contributed by atoms with van der Waals surface area (Å²) in [5, 5.41) is 2.31. The molecule has 30 heavy (non-hydrogen) atoms. The van der Waals surface area contributed by atoms with Crippen molar-refractivity contribution in [3.8, 4) is 11.1 Å². The first-order chi connectivity index (χ1) is 14.1. The number of rotatable bonds is 6. The van der Waals surface area contributed by atoms with Crippen LogP contribution in [0, 0.1) is 10.6 Å². The number of likely N-dealkylation sites (tertiary alicyclic amines) is 1. The van der Waals surface area contributed by atoms with Crippen LogP contribution in [0.3, 0.4) is 0 Å². The lowest BCUT2D eigenvalue weighted by molar-refractivity contribution is 0.143. The highest BCUT2D eigenvalue weighted by Crippen LogP contribution is 2.35. The summed E-state index contributed by atoms with van der Waals surface area (Å²) in [7, 11) is -3.32.